The zero-order chi connectivity index (χ0) is 22.1. The minimum absolute atomic E-state index is 0.0608. The van der Waals surface area contributed by atoms with Gasteiger partial charge in [0.2, 0.25) is 0 Å². The molecule has 2 aliphatic rings. The first-order chi connectivity index (χ1) is 15.7. The average Bonchev–Trinajstić information content (AvgIpc) is 3.59. The fraction of sp³-hybridized carbons (Fsp3) is 0.458. The average molecular weight is 436 g/mol. The summed E-state index contributed by atoms with van der Waals surface area (Å²) < 4.78 is 12.6. The van der Waals surface area contributed by atoms with Gasteiger partial charge in [0.25, 0.3) is 5.91 Å². The molecule has 8 nitrogen and oxygen atoms in total. The van der Waals surface area contributed by atoms with Gasteiger partial charge in [0, 0.05) is 42.3 Å². The van der Waals surface area contributed by atoms with Crippen molar-refractivity contribution in [3.8, 4) is 11.5 Å². The first kappa shape index (κ1) is 20.8. The molecule has 1 amide bonds. The molecule has 32 heavy (non-hydrogen) atoms. The van der Waals surface area contributed by atoms with Crippen molar-refractivity contribution in [3.63, 3.8) is 0 Å². The molecule has 168 valence electrons. The molecule has 0 radical (unpaired) electrons. The van der Waals surface area contributed by atoms with E-state index in [2.05, 4.69) is 15.0 Å². The van der Waals surface area contributed by atoms with E-state index in [9.17, 15) is 4.79 Å². The van der Waals surface area contributed by atoms with E-state index in [0.29, 0.717) is 18.2 Å². The monoisotopic (exact) mass is 435 g/mol. The maximum absolute atomic E-state index is 13.1. The van der Waals surface area contributed by atoms with Gasteiger partial charge >= 0.3 is 0 Å². The number of rotatable bonds is 6. The third kappa shape index (κ3) is 3.90. The van der Waals surface area contributed by atoms with Crippen molar-refractivity contribution in [3.05, 3.63) is 47.8 Å². The molecule has 1 atom stereocenters. The summed E-state index contributed by atoms with van der Waals surface area (Å²) in [7, 11) is 3.27. The van der Waals surface area contributed by atoms with Crippen molar-refractivity contribution >= 4 is 16.9 Å². The third-order valence-corrected chi connectivity index (χ3v) is 6.64. The van der Waals surface area contributed by atoms with Crippen LogP contribution in [-0.2, 0) is 6.54 Å². The number of pyridine rings is 1. The van der Waals surface area contributed by atoms with Gasteiger partial charge in [-0.1, -0.05) is 0 Å². The van der Waals surface area contributed by atoms with Crippen LogP contribution >= 0.6 is 0 Å². The van der Waals surface area contributed by atoms with Crippen LogP contribution in [0.4, 0.5) is 0 Å². The maximum Gasteiger partial charge on any atom is 0.255 e. The lowest BCUT2D eigenvalue weighted by Gasteiger charge is -2.23. The van der Waals surface area contributed by atoms with Gasteiger partial charge in [-0.2, -0.15) is 5.10 Å². The zero-order valence-corrected chi connectivity index (χ0v) is 18.7. The number of benzene rings is 1. The van der Waals surface area contributed by atoms with Gasteiger partial charge in [-0.05, 0) is 50.6 Å². The highest BCUT2D eigenvalue weighted by atomic mass is 16.5. The van der Waals surface area contributed by atoms with Crippen LogP contribution < -0.4 is 9.47 Å². The topological polar surface area (TPSA) is 72.7 Å². The van der Waals surface area contributed by atoms with Crippen LogP contribution in [0.1, 0.15) is 35.2 Å². The van der Waals surface area contributed by atoms with Gasteiger partial charge in [-0.3, -0.25) is 9.69 Å². The molecule has 1 aromatic carbocycles. The van der Waals surface area contributed by atoms with E-state index in [0.717, 1.165) is 47.6 Å². The van der Waals surface area contributed by atoms with E-state index in [1.807, 2.05) is 33.8 Å². The Bertz CT molecular complexity index is 1120. The van der Waals surface area contributed by atoms with Crippen LogP contribution in [0.3, 0.4) is 0 Å². The molecule has 0 spiro atoms. The Morgan fingerprint density at radius 2 is 1.94 bits per heavy atom. The molecule has 0 saturated carbocycles. The summed E-state index contributed by atoms with van der Waals surface area (Å²) in [5.41, 5.74) is 2.35. The number of ether oxygens (including phenoxy) is 2. The summed E-state index contributed by atoms with van der Waals surface area (Å²) in [6.07, 6.45) is 7.06. The Morgan fingerprint density at radius 1 is 1.09 bits per heavy atom. The third-order valence-electron chi connectivity index (χ3n) is 6.64. The SMILES string of the molecule is COc1ccc(Cn2ncc3cc(C(=O)N4CCC(N5CCCC5)C4)cnc32)c(OC)c1. The molecular weight excluding hydrogens is 406 g/mol. The minimum Gasteiger partial charge on any atom is -0.497 e. The van der Waals surface area contributed by atoms with E-state index < -0.39 is 0 Å². The van der Waals surface area contributed by atoms with Crippen LogP contribution in [0.25, 0.3) is 11.0 Å². The van der Waals surface area contributed by atoms with Crippen molar-refractivity contribution in [2.45, 2.75) is 31.8 Å². The second kappa shape index (κ2) is 8.78. The summed E-state index contributed by atoms with van der Waals surface area (Å²) >= 11 is 0. The van der Waals surface area contributed by atoms with Crippen LogP contribution in [0.2, 0.25) is 0 Å². The number of carbonyl (C=O) groups is 1. The van der Waals surface area contributed by atoms with Crippen LogP contribution in [0.5, 0.6) is 11.5 Å². The van der Waals surface area contributed by atoms with Gasteiger partial charge in [-0.25, -0.2) is 9.67 Å². The Balaban J connectivity index is 1.32. The molecule has 8 heteroatoms. The number of aromatic nitrogens is 3. The molecule has 2 aromatic heterocycles. The zero-order valence-electron chi connectivity index (χ0n) is 18.7. The number of hydrogen-bond acceptors (Lipinski definition) is 6. The Kier molecular flexibility index (Phi) is 5.70. The molecule has 0 bridgehead atoms. The van der Waals surface area contributed by atoms with Gasteiger partial charge in [-0.15, -0.1) is 0 Å². The van der Waals surface area contributed by atoms with Crippen molar-refractivity contribution in [2.24, 2.45) is 0 Å². The number of methoxy groups -OCH3 is 2. The second-order valence-electron chi connectivity index (χ2n) is 8.55. The van der Waals surface area contributed by atoms with Gasteiger partial charge in [0.1, 0.15) is 11.5 Å². The van der Waals surface area contributed by atoms with Crippen molar-refractivity contribution in [1.29, 1.82) is 0 Å². The summed E-state index contributed by atoms with van der Waals surface area (Å²) in [5.74, 6) is 1.54. The first-order valence-electron chi connectivity index (χ1n) is 11.2. The van der Waals surface area contributed by atoms with Gasteiger partial charge in [0.05, 0.1) is 32.5 Å². The molecule has 3 aromatic rings. The van der Waals surface area contributed by atoms with E-state index in [-0.39, 0.29) is 5.91 Å². The summed E-state index contributed by atoms with van der Waals surface area (Å²) in [4.78, 5) is 22.2. The Morgan fingerprint density at radius 3 is 2.72 bits per heavy atom. The second-order valence-corrected chi connectivity index (χ2v) is 8.55. The van der Waals surface area contributed by atoms with E-state index in [1.165, 1.54) is 25.9 Å². The lowest BCUT2D eigenvalue weighted by Crippen LogP contribution is -2.37. The van der Waals surface area contributed by atoms with Crippen LogP contribution in [0, 0.1) is 0 Å². The van der Waals surface area contributed by atoms with E-state index >= 15 is 0 Å². The largest absolute Gasteiger partial charge is 0.497 e. The number of fused-ring (bicyclic) bond motifs is 1. The Hall–Kier alpha value is -3.13. The maximum atomic E-state index is 13.1. The van der Waals surface area contributed by atoms with E-state index in [1.54, 1.807) is 26.6 Å². The van der Waals surface area contributed by atoms with Crippen LogP contribution in [-0.4, -0.2) is 76.9 Å². The number of hydrogen-bond donors (Lipinski definition) is 0. The highest BCUT2D eigenvalue weighted by molar-refractivity contribution is 5.97. The molecule has 2 saturated heterocycles. The van der Waals surface area contributed by atoms with Crippen molar-refractivity contribution in [2.75, 3.05) is 40.4 Å². The Labute approximate surface area is 187 Å². The molecule has 5 rings (SSSR count). The van der Waals surface area contributed by atoms with Gasteiger partial charge in [0.15, 0.2) is 5.65 Å². The molecule has 0 N–H and O–H groups in total. The molecule has 2 aliphatic heterocycles. The summed E-state index contributed by atoms with van der Waals surface area (Å²) in [6, 6.07) is 8.13. The lowest BCUT2D eigenvalue weighted by molar-refractivity contribution is 0.0780. The first-order valence-corrected chi connectivity index (χ1v) is 11.2. The highest BCUT2D eigenvalue weighted by Crippen LogP contribution is 2.27. The normalized spacial score (nSPS) is 19.1. The molecule has 0 aliphatic carbocycles. The number of nitrogens with zero attached hydrogens (tertiary/aromatic N) is 5. The molecule has 1 unspecified atom stereocenters. The summed E-state index contributed by atoms with van der Waals surface area (Å²) in [6.45, 7) is 4.47. The smallest absolute Gasteiger partial charge is 0.255 e. The van der Waals surface area contributed by atoms with E-state index in [4.69, 9.17) is 9.47 Å². The van der Waals surface area contributed by atoms with Crippen molar-refractivity contribution in [1.82, 2.24) is 24.6 Å². The quantitative estimate of drug-likeness (QED) is 0.593. The van der Waals surface area contributed by atoms with Gasteiger partial charge < -0.3 is 14.4 Å². The highest BCUT2D eigenvalue weighted by Gasteiger charge is 2.32. The number of amides is 1. The standard InChI is InChI=1S/C24H29N5O3/c1-31-21-6-5-17(22(12-21)32-2)15-29-23-18(14-26-29)11-19(13-25-23)24(30)28-10-7-20(16-28)27-8-3-4-9-27/h5-6,11-14,20H,3-4,7-10,15-16H2,1-2H3. The van der Waals surface area contributed by atoms with Crippen LogP contribution in [0.15, 0.2) is 36.7 Å². The number of likely N-dealkylation sites (tertiary alicyclic amines) is 2. The lowest BCUT2D eigenvalue weighted by atomic mass is 10.2. The fourth-order valence-electron chi connectivity index (χ4n) is 4.86. The predicted octanol–water partition coefficient (Wildman–Crippen LogP) is 2.81. The number of carbonyl (C=O) groups excluding carboxylic acids is 1. The van der Waals surface area contributed by atoms with Crippen molar-refractivity contribution < 1.29 is 14.3 Å². The molecule has 2 fully saturated rings. The fourth-order valence-corrected chi connectivity index (χ4v) is 4.86. The minimum atomic E-state index is 0.0608. The molecular formula is C24H29N5O3. The predicted molar refractivity (Wildman–Crippen MR) is 121 cm³/mol. The molecule has 4 heterocycles. The summed E-state index contributed by atoms with van der Waals surface area (Å²) in [5, 5.41) is 5.37.